The van der Waals surface area contributed by atoms with Crippen molar-refractivity contribution < 1.29 is 13.9 Å². The minimum absolute atomic E-state index is 0.0364. The molecule has 15 heavy (non-hydrogen) atoms. The van der Waals surface area contributed by atoms with E-state index >= 15 is 0 Å². The molecule has 0 spiro atoms. The molecule has 0 saturated carbocycles. The van der Waals surface area contributed by atoms with Gasteiger partial charge in [-0.15, -0.1) is 0 Å². The van der Waals surface area contributed by atoms with E-state index in [4.69, 9.17) is 4.42 Å². The highest BCUT2D eigenvalue weighted by atomic mass is 19.1. The van der Waals surface area contributed by atoms with E-state index in [-0.39, 0.29) is 17.3 Å². The van der Waals surface area contributed by atoms with E-state index in [1.165, 1.54) is 12.3 Å². The summed E-state index contributed by atoms with van der Waals surface area (Å²) in [6, 6.07) is 4.80. The van der Waals surface area contributed by atoms with Crippen molar-refractivity contribution in [1.29, 1.82) is 0 Å². The summed E-state index contributed by atoms with van der Waals surface area (Å²) in [5.74, 6) is -0.401. The molecular formula is C12H13FO2. The second-order valence-electron chi connectivity index (χ2n) is 3.83. The van der Waals surface area contributed by atoms with Gasteiger partial charge in [0, 0.05) is 11.3 Å². The van der Waals surface area contributed by atoms with Crippen LogP contribution in [0.1, 0.15) is 25.3 Å². The normalized spacial score (nSPS) is 15.5. The van der Waals surface area contributed by atoms with Gasteiger partial charge in [-0.05, 0) is 24.6 Å². The van der Waals surface area contributed by atoms with Crippen LogP contribution < -0.4 is 0 Å². The van der Waals surface area contributed by atoms with Crippen LogP contribution in [-0.2, 0) is 0 Å². The van der Waals surface area contributed by atoms with Crippen molar-refractivity contribution in [3.8, 4) is 0 Å². The standard InChI is InChI=1S/C12H13FO2/c1-7(8(2)14)9-3-4-11(13)12-10(9)5-6-15-12/h3-8,14H,1-2H3. The Labute approximate surface area is 87.3 Å². The Kier molecular flexibility index (Phi) is 2.49. The molecule has 1 aromatic heterocycles. The molecule has 2 unspecified atom stereocenters. The Balaban J connectivity index is 2.62. The van der Waals surface area contributed by atoms with E-state index in [9.17, 15) is 9.50 Å². The Morgan fingerprint density at radius 1 is 1.27 bits per heavy atom. The quantitative estimate of drug-likeness (QED) is 0.822. The van der Waals surface area contributed by atoms with Crippen molar-refractivity contribution in [3.63, 3.8) is 0 Å². The molecule has 1 aromatic carbocycles. The number of hydrogen-bond acceptors (Lipinski definition) is 2. The lowest BCUT2D eigenvalue weighted by Gasteiger charge is -2.15. The third-order valence-electron chi connectivity index (χ3n) is 2.82. The van der Waals surface area contributed by atoms with Crippen LogP contribution in [0.25, 0.3) is 11.0 Å². The third kappa shape index (κ3) is 1.63. The molecule has 1 heterocycles. The molecule has 3 heteroatoms. The smallest absolute Gasteiger partial charge is 0.169 e. The zero-order chi connectivity index (χ0) is 11.0. The number of fused-ring (bicyclic) bond motifs is 1. The van der Waals surface area contributed by atoms with Crippen LogP contribution in [-0.4, -0.2) is 11.2 Å². The molecule has 0 radical (unpaired) electrons. The van der Waals surface area contributed by atoms with Gasteiger partial charge < -0.3 is 9.52 Å². The zero-order valence-electron chi connectivity index (χ0n) is 8.70. The monoisotopic (exact) mass is 208 g/mol. The van der Waals surface area contributed by atoms with Gasteiger partial charge in [-0.1, -0.05) is 13.0 Å². The second-order valence-corrected chi connectivity index (χ2v) is 3.83. The molecule has 0 amide bonds. The minimum Gasteiger partial charge on any atom is -0.461 e. The Bertz CT molecular complexity index is 473. The number of aliphatic hydroxyl groups excluding tert-OH is 1. The molecule has 0 fully saturated rings. The summed E-state index contributed by atoms with van der Waals surface area (Å²) in [6.07, 6.45) is 1.000. The maximum atomic E-state index is 13.3. The van der Waals surface area contributed by atoms with Gasteiger partial charge in [0.2, 0.25) is 0 Å². The molecule has 0 bridgehead atoms. The van der Waals surface area contributed by atoms with Crippen LogP contribution >= 0.6 is 0 Å². The Morgan fingerprint density at radius 3 is 2.67 bits per heavy atom. The van der Waals surface area contributed by atoms with Gasteiger partial charge in [0.15, 0.2) is 11.4 Å². The van der Waals surface area contributed by atoms with Crippen molar-refractivity contribution in [2.24, 2.45) is 0 Å². The van der Waals surface area contributed by atoms with Crippen molar-refractivity contribution >= 4 is 11.0 Å². The van der Waals surface area contributed by atoms with Gasteiger partial charge in [-0.25, -0.2) is 4.39 Å². The van der Waals surface area contributed by atoms with Gasteiger partial charge in [-0.3, -0.25) is 0 Å². The van der Waals surface area contributed by atoms with Gasteiger partial charge in [0.05, 0.1) is 12.4 Å². The summed E-state index contributed by atoms with van der Waals surface area (Å²) < 4.78 is 18.4. The Morgan fingerprint density at radius 2 is 2.00 bits per heavy atom. The van der Waals surface area contributed by atoms with E-state index in [0.717, 1.165) is 10.9 Å². The molecule has 2 atom stereocenters. The summed E-state index contributed by atoms with van der Waals surface area (Å²) in [6.45, 7) is 3.63. The fraction of sp³-hybridized carbons (Fsp3) is 0.333. The molecule has 0 aliphatic heterocycles. The van der Waals surface area contributed by atoms with E-state index in [0.29, 0.717) is 0 Å². The van der Waals surface area contributed by atoms with Crippen LogP contribution in [0, 0.1) is 5.82 Å². The van der Waals surface area contributed by atoms with Crippen LogP contribution in [0.4, 0.5) is 4.39 Å². The van der Waals surface area contributed by atoms with Gasteiger partial charge >= 0.3 is 0 Å². The molecular weight excluding hydrogens is 195 g/mol. The lowest BCUT2D eigenvalue weighted by Crippen LogP contribution is -2.11. The number of aliphatic hydroxyl groups is 1. The van der Waals surface area contributed by atoms with Gasteiger partial charge in [-0.2, -0.15) is 0 Å². The van der Waals surface area contributed by atoms with Crippen molar-refractivity contribution in [3.05, 3.63) is 35.8 Å². The van der Waals surface area contributed by atoms with Crippen LogP contribution in [0.3, 0.4) is 0 Å². The summed E-state index contributed by atoms with van der Waals surface area (Å²) in [7, 11) is 0. The van der Waals surface area contributed by atoms with Gasteiger partial charge in [0.25, 0.3) is 0 Å². The summed E-state index contributed by atoms with van der Waals surface area (Å²) >= 11 is 0. The minimum atomic E-state index is -0.464. The van der Waals surface area contributed by atoms with Gasteiger partial charge in [0.1, 0.15) is 0 Å². The van der Waals surface area contributed by atoms with Crippen molar-refractivity contribution in [1.82, 2.24) is 0 Å². The molecule has 0 saturated heterocycles. The number of rotatable bonds is 2. The predicted molar refractivity (Wildman–Crippen MR) is 56.3 cm³/mol. The summed E-state index contributed by atoms with van der Waals surface area (Å²) in [4.78, 5) is 0. The second kappa shape index (κ2) is 3.66. The fourth-order valence-electron chi connectivity index (χ4n) is 1.71. The lowest BCUT2D eigenvalue weighted by atomic mass is 9.93. The van der Waals surface area contributed by atoms with Crippen LogP contribution in [0.2, 0.25) is 0 Å². The molecule has 2 aromatic rings. The molecule has 0 aliphatic rings. The number of hydrogen-bond donors (Lipinski definition) is 1. The first-order chi connectivity index (χ1) is 7.11. The first kappa shape index (κ1) is 10.2. The van der Waals surface area contributed by atoms with Crippen molar-refractivity contribution in [2.75, 3.05) is 0 Å². The molecule has 80 valence electrons. The summed E-state index contributed by atoms with van der Waals surface area (Å²) in [5, 5.41) is 10.3. The van der Waals surface area contributed by atoms with E-state index in [1.54, 1.807) is 19.1 Å². The van der Waals surface area contributed by atoms with Crippen LogP contribution in [0.5, 0.6) is 0 Å². The molecule has 0 aliphatic carbocycles. The number of benzene rings is 1. The average Bonchev–Trinajstić information content (AvgIpc) is 2.66. The molecule has 2 rings (SSSR count). The largest absolute Gasteiger partial charge is 0.461 e. The van der Waals surface area contributed by atoms with E-state index in [1.807, 2.05) is 6.92 Å². The number of halogens is 1. The first-order valence-electron chi connectivity index (χ1n) is 4.95. The third-order valence-corrected chi connectivity index (χ3v) is 2.82. The predicted octanol–water partition coefficient (Wildman–Crippen LogP) is 3.06. The van der Waals surface area contributed by atoms with E-state index in [2.05, 4.69) is 0 Å². The maximum absolute atomic E-state index is 13.3. The highest BCUT2D eigenvalue weighted by Gasteiger charge is 2.17. The fourth-order valence-corrected chi connectivity index (χ4v) is 1.71. The average molecular weight is 208 g/mol. The highest BCUT2D eigenvalue weighted by Crippen LogP contribution is 2.29. The topological polar surface area (TPSA) is 33.4 Å². The summed E-state index contributed by atoms with van der Waals surface area (Å²) in [5.41, 5.74) is 1.18. The maximum Gasteiger partial charge on any atom is 0.169 e. The number of furan rings is 1. The molecule has 1 N–H and O–H groups in total. The lowest BCUT2D eigenvalue weighted by molar-refractivity contribution is 0.169. The SMILES string of the molecule is CC(O)C(C)c1ccc(F)c2occc12. The zero-order valence-corrected chi connectivity index (χ0v) is 8.70. The molecule has 2 nitrogen and oxygen atoms in total. The van der Waals surface area contributed by atoms with Crippen LogP contribution in [0.15, 0.2) is 28.9 Å². The highest BCUT2D eigenvalue weighted by molar-refractivity contribution is 5.82. The van der Waals surface area contributed by atoms with Crippen molar-refractivity contribution in [2.45, 2.75) is 25.9 Å². The first-order valence-corrected chi connectivity index (χ1v) is 4.95. The Hall–Kier alpha value is -1.35. The van der Waals surface area contributed by atoms with E-state index < -0.39 is 6.10 Å².